The Bertz CT molecular complexity index is 417. The molecule has 0 fully saturated rings. The third-order valence-corrected chi connectivity index (χ3v) is 2.66. The molecule has 2 rings (SSSR count). The van der Waals surface area contributed by atoms with Gasteiger partial charge in [0.25, 0.3) is 0 Å². The van der Waals surface area contributed by atoms with Crippen LogP contribution in [0.15, 0.2) is 36.7 Å². The van der Waals surface area contributed by atoms with Gasteiger partial charge in [-0.25, -0.2) is 0 Å². The number of hydrogen-bond donors (Lipinski definition) is 1. The Balaban J connectivity index is 2.36. The first-order valence-electron chi connectivity index (χ1n) is 5.11. The molecule has 2 N–H and O–H groups in total. The summed E-state index contributed by atoms with van der Waals surface area (Å²) in [5.74, 6) is 0. The zero-order valence-electron chi connectivity index (χ0n) is 8.48. The number of nitrogens with two attached hydrogens (primary N) is 1. The number of nitrogens with zero attached hydrogens (tertiary/aromatic N) is 1. The minimum absolute atomic E-state index is 0.274. The average Bonchev–Trinajstić information content (AvgIpc) is 2.66. The molecule has 0 aliphatic carbocycles. The van der Waals surface area contributed by atoms with Crippen molar-refractivity contribution in [2.24, 2.45) is 5.73 Å². The first kappa shape index (κ1) is 9.28. The van der Waals surface area contributed by atoms with Crippen molar-refractivity contribution in [2.75, 3.05) is 0 Å². The first-order valence-corrected chi connectivity index (χ1v) is 5.11. The van der Waals surface area contributed by atoms with E-state index in [1.54, 1.807) is 0 Å². The average molecular weight is 188 g/mol. The van der Waals surface area contributed by atoms with E-state index >= 15 is 0 Å². The molecule has 1 atom stereocenters. The van der Waals surface area contributed by atoms with Gasteiger partial charge in [0, 0.05) is 24.0 Å². The van der Waals surface area contributed by atoms with E-state index in [0.29, 0.717) is 0 Å². The van der Waals surface area contributed by atoms with Gasteiger partial charge in [0.05, 0.1) is 0 Å². The van der Waals surface area contributed by atoms with Crippen molar-refractivity contribution in [3.05, 3.63) is 42.2 Å². The smallest absolute Gasteiger partial charge is 0.0482 e. The lowest BCUT2D eigenvalue weighted by molar-refractivity contribution is 0.647. The minimum Gasteiger partial charge on any atom is -0.327 e. The summed E-state index contributed by atoms with van der Waals surface area (Å²) in [7, 11) is 0. The summed E-state index contributed by atoms with van der Waals surface area (Å²) in [6.07, 6.45) is 6.12. The normalized spacial score (nSPS) is 13.3. The summed E-state index contributed by atoms with van der Waals surface area (Å²) in [5, 5.41) is 0. The van der Waals surface area contributed by atoms with E-state index < -0.39 is 0 Å². The summed E-state index contributed by atoms with van der Waals surface area (Å²) in [6, 6.07) is 8.71. The van der Waals surface area contributed by atoms with Crippen molar-refractivity contribution in [2.45, 2.75) is 25.8 Å². The van der Waals surface area contributed by atoms with Crippen LogP contribution < -0.4 is 5.73 Å². The summed E-state index contributed by atoms with van der Waals surface area (Å²) >= 11 is 0. The summed E-state index contributed by atoms with van der Waals surface area (Å²) in [5.41, 5.74) is 8.57. The molecule has 0 aromatic carbocycles. The van der Waals surface area contributed by atoms with Crippen LogP contribution in [0.2, 0.25) is 0 Å². The number of rotatable bonds is 3. The number of aromatic nitrogens is 1. The molecule has 2 nitrogen and oxygen atoms in total. The molecule has 14 heavy (non-hydrogen) atoms. The van der Waals surface area contributed by atoms with Crippen molar-refractivity contribution in [3.63, 3.8) is 0 Å². The molecule has 2 aromatic rings. The van der Waals surface area contributed by atoms with E-state index in [-0.39, 0.29) is 6.04 Å². The van der Waals surface area contributed by atoms with E-state index in [1.165, 1.54) is 11.1 Å². The van der Waals surface area contributed by atoms with Gasteiger partial charge in [-0.1, -0.05) is 13.0 Å². The quantitative estimate of drug-likeness (QED) is 0.786. The molecule has 1 unspecified atom stereocenters. The molecular weight excluding hydrogens is 172 g/mol. The highest BCUT2D eigenvalue weighted by atomic mass is 14.8. The highest BCUT2D eigenvalue weighted by Crippen LogP contribution is 2.13. The van der Waals surface area contributed by atoms with Crippen molar-refractivity contribution in [1.82, 2.24) is 4.40 Å². The Kier molecular flexibility index (Phi) is 2.55. The fraction of sp³-hybridized carbons (Fsp3) is 0.333. The predicted octanol–water partition coefficient (Wildman–Crippen LogP) is 2.22. The van der Waals surface area contributed by atoms with E-state index in [9.17, 15) is 0 Å². The third-order valence-electron chi connectivity index (χ3n) is 2.66. The molecular formula is C12H16N2. The second-order valence-electron chi connectivity index (χ2n) is 3.71. The molecule has 0 aliphatic rings. The van der Waals surface area contributed by atoms with Gasteiger partial charge < -0.3 is 10.1 Å². The van der Waals surface area contributed by atoms with Crippen LogP contribution >= 0.6 is 0 Å². The molecule has 74 valence electrons. The van der Waals surface area contributed by atoms with Crippen LogP contribution in [0.1, 0.15) is 18.9 Å². The largest absolute Gasteiger partial charge is 0.327 e. The van der Waals surface area contributed by atoms with Crippen LogP contribution in [-0.4, -0.2) is 10.4 Å². The number of pyridine rings is 1. The van der Waals surface area contributed by atoms with Gasteiger partial charge in [-0.05, 0) is 36.6 Å². The van der Waals surface area contributed by atoms with Crippen molar-refractivity contribution in [1.29, 1.82) is 0 Å². The van der Waals surface area contributed by atoms with Gasteiger partial charge in [-0.2, -0.15) is 0 Å². The van der Waals surface area contributed by atoms with E-state index in [2.05, 4.69) is 48.0 Å². The lowest BCUT2D eigenvalue weighted by Gasteiger charge is -2.09. The highest BCUT2D eigenvalue weighted by molar-refractivity contribution is 5.55. The number of hydrogen-bond acceptors (Lipinski definition) is 1. The Morgan fingerprint density at radius 2 is 2.00 bits per heavy atom. The second-order valence-corrected chi connectivity index (χ2v) is 3.71. The van der Waals surface area contributed by atoms with Crippen LogP contribution in [0, 0.1) is 0 Å². The Morgan fingerprint density at radius 1 is 1.29 bits per heavy atom. The fourth-order valence-electron chi connectivity index (χ4n) is 1.73. The van der Waals surface area contributed by atoms with Crippen LogP contribution in [0.4, 0.5) is 0 Å². The standard InChI is InChI=1S/C12H16N2/c1-2-11(13)9-10-5-3-7-14-8-4-6-12(10)14/h3-8,11H,2,9,13H2,1H3. The summed E-state index contributed by atoms with van der Waals surface area (Å²) in [4.78, 5) is 0. The zero-order chi connectivity index (χ0) is 9.97. The molecule has 2 heterocycles. The number of fused-ring (bicyclic) bond motifs is 1. The summed E-state index contributed by atoms with van der Waals surface area (Å²) < 4.78 is 2.14. The molecule has 2 heteroatoms. The Labute approximate surface area is 84.3 Å². The third kappa shape index (κ3) is 1.66. The zero-order valence-corrected chi connectivity index (χ0v) is 8.48. The van der Waals surface area contributed by atoms with Crippen molar-refractivity contribution in [3.8, 4) is 0 Å². The molecule has 0 radical (unpaired) electrons. The molecule has 0 aliphatic heterocycles. The molecule has 0 spiro atoms. The van der Waals surface area contributed by atoms with E-state index in [4.69, 9.17) is 5.73 Å². The van der Waals surface area contributed by atoms with Crippen LogP contribution in [-0.2, 0) is 6.42 Å². The van der Waals surface area contributed by atoms with Crippen LogP contribution in [0.3, 0.4) is 0 Å². The molecule has 0 saturated carbocycles. The monoisotopic (exact) mass is 188 g/mol. The first-order chi connectivity index (χ1) is 6.81. The fourth-order valence-corrected chi connectivity index (χ4v) is 1.73. The van der Waals surface area contributed by atoms with Gasteiger partial charge in [-0.15, -0.1) is 0 Å². The van der Waals surface area contributed by atoms with Crippen LogP contribution in [0.25, 0.3) is 5.52 Å². The van der Waals surface area contributed by atoms with Crippen molar-refractivity contribution >= 4 is 5.52 Å². The molecule has 0 bridgehead atoms. The SMILES string of the molecule is CCC(N)Cc1cccn2cccc12. The van der Waals surface area contributed by atoms with Gasteiger partial charge in [0.15, 0.2) is 0 Å². The van der Waals surface area contributed by atoms with Gasteiger partial charge >= 0.3 is 0 Å². The summed E-state index contributed by atoms with van der Waals surface area (Å²) in [6.45, 7) is 2.13. The molecule has 0 amide bonds. The predicted molar refractivity (Wildman–Crippen MR) is 59.4 cm³/mol. The maximum Gasteiger partial charge on any atom is 0.0482 e. The second kappa shape index (κ2) is 3.84. The van der Waals surface area contributed by atoms with Crippen molar-refractivity contribution < 1.29 is 0 Å². The molecule has 2 aromatic heterocycles. The topological polar surface area (TPSA) is 30.4 Å². The van der Waals surface area contributed by atoms with Gasteiger partial charge in [0.1, 0.15) is 0 Å². The van der Waals surface area contributed by atoms with E-state index in [1.807, 2.05) is 0 Å². The molecule has 0 saturated heterocycles. The van der Waals surface area contributed by atoms with E-state index in [0.717, 1.165) is 12.8 Å². The lowest BCUT2D eigenvalue weighted by Crippen LogP contribution is -2.21. The van der Waals surface area contributed by atoms with Gasteiger partial charge in [0.2, 0.25) is 0 Å². The van der Waals surface area contributed by atoms with Gasteiger partial charge in [-0.3, -0.25) is 0 Å². The highest BCUT2D eigenvalue weighted by Gasteiger charge is 2.04. The van der Waals surface area contributed by atoms with Crippen LogP contribution in [0.5, 0.6) is 0 Å². The Hall–Kier alpha value is -1.28. The minimum atomic E-state index is 0.274. The lowest BCUT2D eigenvalue weighted by atomic mass is 10.0. The Morgan fingerprint density at radius 3 is 2.71 bits per heavy atom. The maximum absolute atomic E-state index is 5.96. The maximum atomic E-state index is 5.96.